The van der Waals surface area contributed by atoms with Crippen molar-refractivity contribution in [3.63, 3.8) is 0 Å². The van der Waals surface area contributed by atoms with Crippen LogP contribution in [0.1, 0.15) is 38.8 Å². The molecule has 2 aromatic rings. The quantitative estimate of drug-likeness (QED) is 0.773. The molecule has 0 aliphatic heterocycles. The molecule has 0 spiro atoms. The average Bonchev–Trinajstić information content (AvgIpc) is 2.97. The number of para-hydroxylation sites is 1. The molecule has 0 atom stereocenters. The summed E-state index contributed by atoms with van der Waals surface area (Å²) in [6, 6.07) is 5.60. The number of aromatic nitrogens is 2. The first-order valence-electron chi connectivity index (χ1n) is 7.81. The minimum absolute atomic E-state index is 0.154. The van der Waals surface area contributed by atoms with Crippen molar-refractivity contribution in [3.8, 4) is 0 Å². The molecule has 1 amide bonds. The van der Waals surface area contributed by atoms with Crippen molar-refractivity contribution >= 4 is 38.1 Å². The van der Waals surface area contributed by atoms with Crippen LogP contribution in [-0.2, 0) is 21.2 Å². The number of carbonyl (C=O) groups is 1. The molecule has 1 heterocycles. The van der Waals surface area contributed by atoms with Crippen molar-refractivity contribution in [3.05, 3.63) is 29.3 Å². The molecule has 25 heavy (non-hydrogen) atoms. The monoisotopic (exact) mass is 382 g/mol. The Morgan fingerprint density at radius 3 is 2.52 bits per heavy atom. The van der Waals surface area contributed by atoms with Crippen LogP contribution in [0.3, 0.4) is 0 Å². The van der Waals surface area contributed by atoms with Gasteiger partial charge in [0.05, 0.1) is 5.69 Å². The Labute approximate surface area is 151 Å². The molecule has 1 aromatic heterocycles. The normalized spacial score (nSPS) is 12.0. The minimum atomic E-state index is -3.88. The number of carbonyl (C=O) groups excluding carboxylic acids is 1. The Kier molecular flexibility index (Phi) is 5.48. The standard InChI is InChI=1S/C16H22N4O3S2/c1-6-11-9-7-8-10(2)12(11)20-25(22,23)15-19-18-14(24-15)17-13(21)16(3,4)5/h7-9,20H,6H2,1-5H3,(H,17,18,21). The van der Waals surface area contributed by atoms with Gasteiger partial charge in [-0.3, -0.25) is 9.52 Å². The van der Waals surface area contributed by atoms with Gasteiger partial charge in [-0.25, -0.2) is 0 Å². The molecule has 136 valence electrons. The molecule has 0 aliphatic carbocycles. The maximum absolute atomic E-state index is 12.6. The molecule has 2 N–H and O–H groups in total. The highest BCUT2D eigenvalue weighted by Gasteiger charge is 2.25. The SMILES string of the molecule is CCc1cccc(C)c1NS(=O)(=O)c1nnc(NC(=O)C(C)(C)C)s1. The summed E-state index contributed by atoms with van der Waals surface area (Å²) >= 11 is 0.818. The fourth-order valence-electron chi connectivity index (χ4n) is 2.00. The van der Waals surface area contributed by atoms with Crippen LogP contribution < -0.4 is 10.0 Å². The van der Waals surface area contributed by atoms with E-state index in [1.54, 1.807) is 20.8 Å². The van der Waals surface area contributed by atoms with Crippen LogP contribution in [0.5, 0.6) is 0 Å². The molecule has 7 nitrogen and oxygen atoms in total. The number of nitrogens with one attached hydrogen (secondary N) is 2. The molecule has 0 aliphatic rings. The highest BCUT2D eigenvalue weighted by Crippen LogP contribution is 2.27. The van der Waals surface area contributed by atoms with E-state index in [4.69, 9.17) is 0 Å². The van der Waals surface area contributed by atoms with Crippen LogP contribution >= 0.6 is 11.3 Å². The van der Waals surface area contributed by atoms with Gasteiger partial charge >= 0.3 is 0 Å². The van der Waals surface area contributed by atoms with Crippen molar-refractivity contribution in [2.24, 2.45) is 5.41 Å². The fourth-order valence-corrected chi connectivity index (χ4v) is 4.07. The number of anilines is 2. The zero-order valence-electron chi connectivity index (χ0n) is 14.9. The second kappa shape index (κ2) is 7.09. The Morgan fingerprint density at radius 1 is 1.24 bits per heavy atom. The summed E-state index contributed by atoms with van der Waals surface area (Å²) in [5, 5.41) is 10.2. The molecule has 2 rings (SSSR count). The van der Waals surface area contributed by atoms with Gasteiger partial charge in [0.1, 0.15) is 0 Å². The van der Waals surface area contributed by atoms with Crippen LogP contribution in [0.4, 0.5) is 10.8 Å². The number of hydrogen-bond donors (Lipinski definition) is 2. The van der Waals surface area contributed by atoms with Crippen LogP contribution in [0.25, 0.3) is 0 Å². The second-order valence-corrected chi connectivity index (χ2v) is 9.48. The summed E-state index contributed by atoms with van der Waals surface area (Å²) in [4.78, 5) is 12.0. The molecule has 9 heteroatoms. The first-order valence-corrected chi connectivity index (χ1v) is 10.1. The van der Waals surface area contributed by atoms with Gasteiger partial charge in [0, 0.05) is 5.41 Å². The van der Waals surface area contributed by atoms with E-state index in [9.17, 15) is 13.2 Å². The van der Waals surface area contributed by atoms with Crippen molar-refractivity contribution in [2.45, 2.75) is 45.4 Å². The molecule has 0 fully saturated rings. The maximum Gasteiger partial charge on any atom is 0.291 e. The van der Waals surface area contributed by atoms with Gasteiger partial charge in [-0.2, -0.15) is 8.42 Å². The van der Waals surface area contributed by atoms with E-state index in [0.29, 0.717) is 12.1 Å². The number of hydrogen-bond acceptors (Lipinski definition) is 6. The summed E-state index contributed by atoms with van der Waals surface area (Å²) in [5.74, 6) is -0.257. The van der Waals surface area contributed by atoms with Crippen molar-refractivity contribution in [1.29, 1.82) is 0 Å². The summed E-state index contributed by atoms with van der Waals surface area (Å²) in [5.41, 5.74) is 1.67. The molecule has 0 saturated heterocycles. The zero-order valence-corrected chi connectivity index (χ0v) is 16.5. The first-order chi connectivity index (χ1) is 11.5. The van der Waals surface area contributed by atoms with E-state index in [0.717, 1.165) is 22.5 Å². The Bertz CT molecular complexity index is 883. The van der Waals surface area contributed by atoms with Gasteiger partial charge < -0.3 is 5.32 Å². The largest absolute Gasteiger partial charge is 0.300 e. The highest BCUT2D eigenvalue weighted by molar-refractivity contribution is 7.94. The van der Waals surface area contributed by atoms with Crippen molar-refractivity contribution in [1.82, 2.24) is 10.2 Å². The van der Waals surface area contributed by atoms with Gasteiger partial charge in [0.15, 0.2) is 0 Å². The Morgan fingerprint density at radius 2 is 1.92 bits per heavy atom. The molecule has 0 radical (unpaired) electrons. The molecule has 0 bridgehead atoms. The van der Waals surface area contributed by atoms with E-state index in [1.807, 2.05) is 32.0 Å². The molecule has 0 saturated carbocycles. The number of rotatable bonds is 5. The average molecular weight is 383 g/mol. The molecular weight excluding hydrogens is 360 g/mol. The van der Waals surface area contributed by atoms with Crippen LogP contribution in [-0.4, -0.2) is 24.5 Å². The predicted octanol–water partition coefficient (Wildman–Crippen LogP) is 3.19. The van der Waals surface area contributed by atoms with E-state index in [1.165, 1.54) is 0 Å². The number of nitrogens with zero attached hydrogens (tertiary/aromatic N) is 2. The second-order valence-electron chi connectivity index (χ2n) is 6.65. The van der Waals surface area contributed by atoms with E-state index in [2.05, 4.69) is 20.2 Å². The van der Waals surface area contributed by atoms with Crippen LogP contribution in [0.15, 0.2) is 22.5 Å². The van der Waals surface area contributed by atoms with E-state index in [-0.39, 0.29) is 15.4 Å². The minimum Gasteiger partial charge on any atom is -0.300 e. The number of aryl methyl sites for hydroxylation is 2. The van der Waals surface area contributed by atoms with E-state index >= 15 is 0 Å². The molecular formula is C16H22N4O3S2. The third kappa shape index (κ3) is 4.55. The first kappa shape index (κ1) is 19.3. The molecule has 0 unspecified atom stereocenters. The van der Waals surface area contributed by atoms with Crippen LogP contribution in [0, 0.1) is 12.3 Å². The van der Waals surface area contributed by atoms with Crippen LogP contribution in [0.2, 0.25) is 0 Å². The van der Waals surface area contributed by atoms with Gasteiger partial charge in [-0.05, 0) is 24.5 Å². The Hall–Kier alpha value is -2.00. The Balaban J connectivity index is 2.26. The zero-order chi connectivity index (χ0) is 18.8. The van der Waals surface area contributed by atoms with Crippen molar-refractivity contribution < 1.29 is 13.2 Å². The maximum atomic E-state index is 12.6. The van der Waals surface area contributed by atoms with Gasteiger partial charge in [-0.1, -0.05) is 57.2 Å². The lowest BCUT2D eigenvalue weighted by Gasteiger charge is -2.15. The lowest BCUT2D eigenvalue weighted by Crippen LogP contribution is -2.27. The number of benzene rings is 1. The van der Waals surface area contributed by atoms with Gasteiger partial charge in [-0.15, -0.1) is 10.2 Å². The lowest BCUT2D eigenvalue weighted by atomic mass is 9.96. The van der Waals surface area contributed by atoms with Gasteiger partial charge in [0.25, 0.3) is 14.4 Å². The predicted molar refractivity (Wildman–Crippen MR) is 99.4 cm³/mol. The summed E-state index contributed by atoms with van der Waals surface area (Å²) in [6.45, 7) is 9.07. The third-order valence-electron chi connectivity index (χ3n) is 3.51. The van der Waals surface area contributed by atoms with E-state index < -0.39 is 15.4 Å². The summed E-state index contributed by atoms with van der Waals surface area (Å²) in [7, 11) is -3.88. The fraction of sp³-hybridized carbons (Fsp3) is 0.438. The number of sulfonamides is 1. The highest BCUT2D eigenvalue weighted by atomic mass is 32.2. The van der Waals surface area contributed by atoms with Gasteiger partial charge in [0.2, 0.25) is 11.0 Å². The lowest BCUT2D eigenvalue weighted by molar-refractivity contribution is -0.123. The topological polar surface area (TPSA) is 101 Å². The van der Waals surface area contributed by atoms with Crippen molar-refractivity contribution in [2.75, 3.05) is 10.0 Å². The smallest absolute Gasteiger partial charge is 0.291 e. The molecule has 1 aromatic carbocycles. The summed E-state index contributed by atoms with van der Waals surface area (Å²) < 4.78 is 27.6. The summed E-state index contributed by atoms with van der Waals surface area (Å²) in [6.07, 6.45) is 0.697. The third-order valence-corrected chi connectivity index (χ3v) is 6.07. The number of amides is 1.